The van der Waals surface area contributed by atoms with Gasteiger partial charge in [-0.05, 0) is 25.7 Å². The Balaban J connectivity index is 2.04. The summed E-state index contributed by atoms with van der Waals surface area (Å²) in [6.07, 6.45) is -3.23. The van der Waals surface area contributed by atoms with Gasteiger partial charge in [0.05, 0.1) is 5.60 Å². The van der Waals surface area contributed by atoms with Gasteiger partial charge < -0.3 is 9.47 Å². The normalized spacial score (nSPS) is 29.2. The highest BCUT2D eigenvalue weighted by molar-refractivity contribution is 5.86. The second-order valence-electron chi connectivity index (χ2n) is 4.70. The molecule has 1 spiro atoms. The van der Waals surface area contributed by atoms with E-state index in [9.17, 15) is 18.0 Å². The summed E-state index contributed by atoms with van der Waals surface area (Å²) in [5, 5.41) is 0. The lowest BCUT2D eigenvalue weighted by Gasteiger charge is -2.42. The SMILES string of the molecule is O=C(C1CCOC2(CCOCC2)C1)C(F)(F)F. The van der Waals surface area contributed by atoms with Crippen LogP contribution in [-0.4, -0.2) is 37.4 Å². The van der Waals surface area contributed by atoms with Crippen LogP contribution in [0, 0.1) is 5.92 Å². The van der Waals surface area contributed by atoms with Crippen molar-refractivity contribution in [3.05, 3.63) is 0 Å². The Hall–Kier alpha value is -0.620. The van der Waals surface area contributed by atoms with Crippen LogP contribution in [-0.2, 0) is 14.3 Å². The summed E-state index contributed by atoms with van der Waals surface area (Å²) in [5.41, 5.74) is -0.567. The lowest BCUT2D eigenvalue weighted by atomic mass is 9.79. The number of carbonyl (C=O) groups excluding carboxylic acids is 1. The first kappa shape index (κ1) is 12.8. The van der Waals surface area contributed by atoms with Gasteiger partial charge in [-0.15, -0.1) is 0 Å². The van der Waals surface area contributed by atoms with Crippen molar-refractivity contribution in [3.63, 3.8) is 0 Å². The Morgan fingerprint density at radius 1 is 1.18 bits per heavy atom. The smallest absolute Gasteiger partial charge is 0.381 e. The number of Topliss-reactive ketones (excluding diaryl/α,β-unsaturated/α-hetero) is 1. The molecule has 2 heterocycles. The van der Waals surface area contributed by atoms with Crippen molar-refractivity contribution < 1.29 is 27.4 Å². The Bertz CT molecular complexity index is 289. The molecule has 0 radical (unpaired) electrons. The molecule has 0 aromatic carbocycles. The molecule has 6 heteroatoms. The van der Waals surface area contributed by atoms with Crippen molar-refractivity contribution in [2.24, 2.45) is 5.92 Å². The van der Waals surface area contributed by atoms with Crippen LogP contribution in [0.4, 0.5) is 13.2 Å². The molecule has 0 aliphatic carbocycles. The Kier molecular flexibility index (Phi) is 3.45. The maximum atomic E-state index is 12.4. The zero-order valence-corrected chi connectivity index (χ0v) is 9.39. The number of rotatable bonds is 1. The molecule has 0 N–H and O–H groups in total. The number of halogens is 3. The summed E-state index contributed by atoms with van der Waals surface area (Å²) in [6.45, 7) is 1.21. The van der Waals surface area contributed by atoms with Crippen LogP contribution in [0.3, 0.4) is 0 Å². The van der Waals surface area contributed by atoms with Gasteiger partial charge in [-0.2, -0.15) is 13.2 Å². The predicted octanol–water partition coefficient (Wildman–Crippen LogP) is 2.09. The minimum atomic E-state index is -4.73. The van der Waals surface area contributed by atoms with Gasteiger partial charge in [0.1, 0.15) is 0 Å². The fraction of sp³-hybridized carbons (Fsp3) is 0.909. The van der Waals surface area contributed by atoms with Gasteiger partial charge >= 0.3 is 6.18 Å². The Morgan fingerprint density at radius 3 is 2.41 bits per heavy atom. The Labute approximate surface area is 97.3 Å². The summed E-state index contributed by atoms with van der Waals surface area (Å²) in [4.78, 5) is 11.2. The second kappa shape index (κ2) is 4.57. The third-order valence-electron chi connectivity index (χ3n) is 3.55. The molecule has 2 saturated heterocycles. The van der Waals surface area contributed by atoms with E-state index in [4.69, 9.17) is 9.47 Å². The van der Waals surface area contributed by atoms with E-state index in [0.717, 1.165) is 0 Å². The molecule has 0 amide bonds. The van der Waals surface area contributed by atoms with E-state index in [0.29, 0.717) is 26.1 Å². The zero-order valence-electron chi connectivity index (χ0n) is 9.39. The summed E-state index contributed by atoms with van der Waals surface area (Å²) < 4.78 is 47.9. The molecule has 0 saturated carbocycles. The van der Waals surface area contributed by atoms with Crippen LogP contribution in [0.15, 0.2) is 0 Å². The summed E-state index contributed by atoms with van der Waals surface area (Å²) >= 11 is 0. The van der Waals surface area contributed by atoms with Crippen LogP contribution in [0.25, 0.3) is 0 Å². The van der Waals surface area contributed by atoms with Crippen molar-refractivity contribution in [2.45, 2.75) is 37.5 Å². The second-order valence-corrected chi connectivity index (χ2v) is 4.70. The molecule has 1 atom stereocenters. The third kappa shape index (κ3) is 2.80. The summed E-state index contributed by atoms with van der Waals surface area (Å²) in [7, 11) is 0. The first-order valence-corrected chi connectivity index (χ1v) is 5.76. The first-order chi connectivity index (χ1) is 7.93. The minimum absolute atomic E-state index is 0.168. The van der Waals surface area contributed by atoms with Gasteiger partial charge in [0.2, 0.25) is 5.78 Å². The number of hydrogen-bond acceptors (Lipinski definition) is 3. The van der Waals surface area contributed by atoms with Crippen molar-refractivity contribution in [1.29, 1.82) is 0 Å². The predicted molar refractivity (Wildman–Crippen MR) is 52.5 cm³/mol. The molecule has 2 aliphatic rings. The molecule has 2 aliphatic heterocycles. The molecular weight excluding hydrogens is 237 g/mol. The van der Waals surface area contributed by atoms with E-state index in [2.05, 4.69) is 0 Å². The van der Waals surface area contributed by atoms with Crippen molar-refractivity contribution in [3.8, 4) is 0 Å². The molecule has 2 fully saturated rings. The maximum Gasteiger partial charge on any atom is 0.450 e. The Morgan fingerprint density at radius 2 is 1.82 bits per heavy atom. The third-order valence-corrected chi connectivity index (χ3v) is 3.55. The number of hydrogen-bond donors (Lipinski definition) is 0. The molecule has 1 unspecified atom stereocenters. The topological polar surface area (TPSA) is 35.5 Å². The van der Waals surface area contributed by atoms with E-state index in [1.165, 1.54) is 0 Å². The molecule has 2 rings (SSSR count). The summed E-state index contributed by atoms with van der Waals surface area (Å²) in [6, 6.07) is 0. The van der Waals surface area contributed by atoms with E-state index in [1.807, 2.05) is 0 Å². The van der Waals surface area contributed by atoms with Crippen molar-refractivity contribution in [2.75, 3.05) is 19.8 Å². The van der Waals surface area contributed by atoms with E-state index < -0.39 is 23.5 Å². The number of carbonyl (C=O) groups is 1. The van der Waals surface area contributed by atoms with Crippen molar-refractivity contribution in [1.82, 2.24) is 0 Å². The molecule has 3 nitrogen and oxygen atoms in total. The molecule has 0 aromatic rings. The lowest BCUT2D eigenvalue weighted by Crippen LogP contribution is -2.47. The highest BCUT2D eigenvalue weighted by atomic mass is 19.4. The zero-order chi connectivity index (χ0) is 12.5. The highest BCUT2D eigenvalue weighted by Crippen LogP contribution is 2.39. The number of alkyl halides is 3. The fourth-order valence-electron chi connectivity index (χ4n) is 2.57. The van der Waals surface area contributed by atoms with Crippen LogP contribution < -0.4 is 0 Å². The van der Waals surface area contributed by atoms with E-state index >= 15 is 0 Å². The van der Waals surface area contributed by atoms with Gasteiger partial charge in [-0.1, -0.05) is 0 Å². The van der Waals surface area contributed by atoms with Crippen LogP contribution in [0.2, 0.25) is 0 Å². The van der Waals surface area contributed by atoms with Gasteiger partial charge in [0, 0.05) is 25.7 Å². The van der Waals surface area contributed by atoms with Crippen LogP contribution in [0.5, 0.6) is 0 Å². The molecule has 17 heavy (non-hydrogen) atoms. The first-order valence-electron chi connectivity index (χ1n) is 5.76. The minimum Gasteiger partial charge on any atom is -0.381 e. The number of ether oxygens (including phenoxy) is 2. The fourth-order valence-corrected chi connectivity index (χ4v) is 2.57. The number of ketones is 1. The van der Waals surface area contributed by atoms with Crippen molar-refractivity contribution >= 4 is 5.78 Å². The van der Waals surface area contributed by atoms with Gasteiger partial charge in [-0.25, -0.2) is 0 Å². The van der Waals surface area contributed by atoms with Crippen LogP contribution >= 0.6 is 0 Å². The monoisotopic (exact) mass is 252 g/mol. The average Bonchev–Trinajstić information content (AvgIpc) is 2.28. The largest absolute Gasteiger partial charge is 0.450 e. The summed E-state index contributed by atoms with van der Waals surface area (Å²) in [5.74, 6) is -2.55. The standard InChI is InChI=1S/C11H15F3O3/c12-11(13,14)9(15)8-1-4-17-10(7-8)2-5-16-6-3-10/h8H,1-7H2. The van der Waals surface area contributed by atoms with Crippen LogP contribution in [0.1, 0.15) is 25.7 Å². The van der Waals surface area contributed by atoms with Gasteiger partial charge in [0.25, 0.3) is 0 Å². The lowest BCUT2D eigenvalue weighted by molar-refractivity contribution is -0.189. The molecule has 98 valence electrons. The van der Waals surface area contributed by atoms with E-state index in [-0.39, 0.29) is 19.4 Å². The average molecular weight is 252 g/mol. The molecule has 0 bridgehead atoms. The van der Waals surface area contributed by atoms with Gasteiger partial charge in [0.15, 0.2) is 0 Å². The quantitative estimate of drug-likeness (QED) is 0.717. The molecular formula is C11H15F3O3. The van der Waals surface area contributed by atoms with Gasteiger partial charge in [-0.3, -0.25) is 4.79 Å². The maximum absolute atomic E-state index is 12.4. The van der Waals surface area contributed by atoms with E-state index in [1.54, 1.807) is 0 Å². The molecule has 0 aromatic heterocycles. The highest BCUT2D eigenvalue weighted by Gasteiger charge is 2.48.